The SMILES string of the molecule is c1ccc(-c2ccc3c4cc5ccccc5cc4n(-c4ccc(-c5nc(-c6ccccc6)nc(-c6cccc7oc8ccccc8c67)n5)c5ccccc45)c3c2)cc1. The highest BCUT2D eigenvalue weighted by Gasteiger charge is 2.21. The molecule has 12 aromatic rings. The van der Waals surface area contributed by atoms with Gasteiger partial charge in [-0.1, -0.05) is 152 Å². The summed E-state index contributed by atoms with van der Waals surface area (Å²) >= 11 is 0. The zero-order valence-electron chi connectivity index (χ0n) is 31.2. The molecule has 5 nitrogen and oxygen atoms in total. The number of fused-ring (bicyclic) bond motifs is 8. The Morgan fingerprint density at radius 2 is 0.966 bits per heavy atom. The van der Waals surface area contributed by atoms with E-state index in [0.29, 0.717) is 17.5 Å². The molecule has 0 amide bonds. The second kappa shape index (κ2) is 12.8. The van der Waals surface area contributed by atoms with E-state index in [9.17, 15) is 0 Å². The van der Waals surface area contributed by atoms with Crippen molar-refractivity contribution in [3.8, 4) is 51.0 Å². The van der Waals surface area contributed by atoms with Crippen LogP contribution in [0.5, 0.6) is 0 Å². The third kappa shape index (κ3) is 5.07. The molecule has 0 aliphatic carbocycles. The Bertz CT molecular complexity index is 3570. The average molecular weight is 741 g/mol. The van der Waals surface area contributed by atoms with E-state index in [0.717, 1.165) is 66.1 Å². The van der Waals surface area contributed by atoms with Crippen molar-refractivity contribution >= 4 is 65.3 Å². The molecule has 270 valence electrons. The molecule has 3 heterocycles. The van der Waals surface area contributed by atoms with Gasteiger partial charge in [0.1, 0.15) is 11.2 Å². The van der Waals surface area contributed by atoms with Gasteiger partial charge in [-0.25, -0.2) is 15.0 Å². The quantitative estimate of drug-likeness (QED) is 0.176. The van der Waals surface area contributed by atoms with Gasteiger partial charge in [0, 0.05) is 43.6 Å². The van der Waals surface area contributed by atoms with Crippen molar-refractivity contribution in [1.29, 1.82) is 0 Å². The normalized spacial score (nSPS) is 11.8. The van der Waals surface area contributed by atoms with Gasteiger partial charge in [-0.15, -0.1) is 0 Å². The van der Waals surface area contributed by atoms with Crippen molar-refractivity contribution in [2.45, 2.75) is 0 Å². The topological polar surface area (TPSA) is 56.7 Å². The van der Waals surface area contributed by atoms with E-state index in [1.54, 1.807) is 0 Å². The molecule has 12 rings (SSSR count). The number of rotatable bonds is 5. The fourth-order valence-electron chi connectivity index (χ4n) is 8.74. The summed E-state index contributed by atoms with van der Waals surface area (Å²) in [4.78, 5) is 15.6. The minimum absolute atomic E-state index is 0.594. The summed E-state index contributed by atoms with van der Waals surface area (Å²) < 4.78 is 8.73. The van der Waals surface area contributed by atoms with Crippen LogP contribution in [0.4, 0.5) is 0 Å². The number of para-hydroxylation sites is 1. The van der Waals surface area contributed by atoms with Crippen LogP contribution >= 0.6 is 0 Å². The summed E-state index contributed by atoms with van der Waals surface area (Å²) in [6.45, 7) is 0. The minimum Gasteiger partial charge on any atom is -0.456 e. The molecule has 0 atom stereocenters. The third-order valence-corrected chi connectivity index (χ3v) is 11.4. The summed E-state index contributed by atoms with van der Waals surface area (Å²) in [5.74, 6) is 1.81. The van der Waals surface area contributed by atoms with Gasteiger partial charge in [-0.3, -0.25) is 0 Å². The van der Waals surface area contributed by atoms with Crippen LogP contribution in [0.3, 0.4) is 0 Å². The van der Waals surface area contributed by atoms with Crippen LogP contribution in [0.1, 0.15) is 0 Å². The molecule has 0 saturated heterocycles. The van der Waals surface area contributed by atoms with Crippen LogP contribution in [0.15, 0.2) is 199 Å². The lowest BCUT2D eigenvalue weighted by molar-refractivity contribution is 0.669. The first-order valence-electron chi connectivity index (χ1n) is 19.5. The van der Waals surface area contributed by atoms with E-state index in [-0.39, 0.29) is 0 Å². The predicted molar refractivity (Wildman–Crippen MR) is 238 cm³/mol. The van der Waals surface area contributed by atoms with Crippen LogP contribution in [0.25, 0.3) is 116 Å². The molecule has 58 heavy (non-hydrogen) atoms. The Balaban J connectivity index is 1.12. The van der Waals surface area contributed by atoms with Gasteiger partial charge in [-0.05, 0) is 69.8 Å². The summed E-state index contributed by atoms with van der Waals surface area (Å²) in [7, 11) is 0. The molecule has 0 spiro atoms. The number of hydrogen-bond donors (Lipinski definition) is 0. The van der Waals surface area contributed by atoms with Gasteiger partial charge in [0.2, 0.25) is 0 Å². The highest BCUT2D eigenvalue weighted by atomic mass is 16.3. The fourth-order valence-corrected chi connectivity index (χ4v) is 8.74. The largest absolute Gasteiger partial charge is 0.456 e. The first-order chi connectivity index (χ1) is 28.7. The van der Waals surface area contributed by atoms with Crippen LogP contribution < -0.4 is 0 Å². The van der Waals surface area contributed by atoms with Crippen molar-refractivity contribution in [1.82, 2.24) is 19.5 Å². The molecule has 0 bridgehead atoms. The molecule has 5 heteroatoms. The third-order valence-electron chi connectivity index (χ3n) is 11.4. The summed E-state index contributed by atoms with van der Waals surface area (Å²) in [5.41, 5.74) is 10.1. The summed E-state index contributed by atoms with van der Waals surface area (Å²) in [6.07, 6.45) is 0. The van der Waals surface area contributed by atoms with Crippen molar-refractivity contribution < 1.29 is 4.42 Å². The molecule has 0 N–H and O–H groups in total. The summed E-state index contributed by atoms with van der Waals surface area (Å²) in [5, 5.41) is 9.03. The van der Waals surface area contributed by atoms with Crippen molar-refractivity contribution in [2.75, 3.05) is 0 Å². The smallest absolute Gasteiger partial charge is 0.164 e. The van der Waals surface area contributed by atoms with E-state index in [2.05, 4.69) is 138 Å². The molecule has 9 aromatic carbocycles. The highest BCUT2D eigenvalue weighted by Crippen LogP contribution is 2.41. The standard InChI is InChI=1S/C53H32N4O/c1-3-14-33(15-4-1)37-26-27-40-44-30-35-18-7-8-19-36(35)31-47(44)57(46(40)32-37)45-29-28-41(38-20-9-10-21-39(38)45)52-54-51(34-16-5-2-6-17-34)55-53(56-52)43-23-13-25-49-50(43)42-22-11-12-24-48(42)58-49/h1-32H. The maximum atomic E-state index is 6.29. The number of benzene rings is 9. The van der Waals surface area contributed by atoms with E-state index < -0.39 is 0 Å². The molecule has 3 aromatic heterocycles. The van der Waals surface area contributed by atoms with E-state index in [1.165, 1.54) is 32.7 Å². The fraction of sp³-hybridized carbons (Fsp3) is 0. The highest BCUT2D eigenvalue weighted by molar-refractivity contribution is 6.16. The number of hydrogen-bond acceptors (Lipinski definition) is 4. The molecule has 0 radical (unpaired) electrons. The molecule has 0 fully saturated rings. The van der Waals surface area contributed by atoms with Crippen molar-refractivity contribution in [3.63, 3.8) is 0 Å². The van der Waals surface area contributed by atoms with Crippen LogP contribution in [-0.2, 0) is 0 Å². The van der Waals surface area contributed by atoms with Crippen LogP contribution in [0, 0.1) is 0 Å². The van der Waals surface area contributed by atoms with Crippen LogP contribution in [-0.4, -0.2) is 19.5 Å². The Morgan fingerprint density at radius 1 is 0.345 bits per heavy atom. The monoisotopic (exact) mass is 740 g/mol. The molecule has 0 unspecified atom stereocenters. The predicted octanol–water partition coefficient (Wildman–Crippen LogP) is 13.8. The van der Waals surface area contributed by atoms with E-state index >= 15 is 0 Å². The van der Waals surface area contributed by atoms with Gasteiger partial charge >= 0.3 is 0 Å². The van der Waals surface area contributed by atoms with E-state index in [1.807, 2.05) is 60.7 Å². The lowest BCUT2D eigenvalue weighted by Crippen LogP contribution is -2.02. The lowest BCUT2D eigenvalue weighted by Gasteiger charge is -2.16. The second-order valence-corrected chi connectivity index (χ2v) is 14.8. The maximum Gasteiger partial charge on any atom is 0.164 e. The lowest BCUT2D eigenvalue weighted by atomic mass is 10.0. The Hall–Kier alpha value is -7.89. The summed E-state index contributed by atoms with van der Waals surface area (Å²) in [6, 6.07) is 68.2. The zero-order chi connectivity index (χ0) is 38.2. The Kier molecular flexibility index (Phi) is 7.16. The molecule has 0 saturated carbocycles. The number of nitrogens with zero attached hydrogens (tertiary/aromatic N) is 4. The van der Waals surface area contributed by atoms with Crippen molar-refractivity contribution in [2.24, 2.45) is 0 Å². The zero-order valence-corrected chi connectivity index (χ0v) is 31.2. The molecular weight excluding hydrogens is 709 g/mol. The number of aromatic nitrogens is 4. The molecule has 0 aliphatic heterocycles. The van der Waals surface area contributed by atoms with Gasteiger partial charge < -0.3 is 8.98 Å². The van der Waals surface area contributed by atoms with Crippen molar-refractivity contribution in [3.05, 3.63) is 194 Å². The first-order valence-corrected chi connectivity index (χ1v) is 19.5. The first kappa shape index (κ1) is 32.4. The Morgan fingerprint density at radius 3 is 1.78 bits per heavy atom. The second-order valence-electron chi connectivity index (χ2n) is 14.8. The maximum absolute atomic E-state index is 6.29. The van der Waals surface area contributed by atoms with Gasteiger partial charge in [0.05, 0.1) is 16.7 Å². The average Bonchev–Trinajstić information content (AvgIpc) is 3.83. The number of furan rings is 1. The van der Waals surface area contributed by atoms with E-state index in [4.69, 9.17) is 19.4 Å². The van der Waals surface area contributed by atoms with Gasteiger partial charge in [-0.2, -0.15) is 0 Å². The minimum atomic E-state index is 0.594. The molecular formula is C53H32N4O. The Labute approximate surface area is 333 Å². The van der Waals surface area contributed by atoms with Gasteiger partial charge in [0.15, 0.2) is 17.5 Å². The van der Waals surface area contributed by atoms with Gasteiger partial charge in [0.25, 0.3) is 0 Å². The molecule has 0 aliphatic rings. The van der Waals surface area contributed by atoms with Crippen LogP contribution in [0.2, 0.25) is 0 Å².